The van der Waals surface area contributed by atoms with Gasteiger partial charge in [0.15, 0.2) is 11.5 Å². The molecule has 0 unspecified atom stereocenters. The second-order valence-corrected chi connectivity index (χ2v) is 7.48. The number of aryl methyl sites for hydroxylation is 1. The van der Waals surface area contributed by atoms with Crippen LogP contribution >= 0.6 is 0 Å². The van der Waals surface area contributed by atoms with Crippen LogP contribution in [-0.4, -0.2) is 38.3 Å². The van der Waals surface area contributed by atoms with Gasteiger partial charge in [-0.05, 0) is 37.0 Å². The predicted octanol–water partition coefficient (Wildman–Crippen LogP) is 1.86. The van der Waals surface area contributed by atoms with Crippen LogP contribution in [0, 0.1) is 6.92 Å². The van der Waals surface area contributed by atoms with E-state index in [1.54, 1.807) is 0 Å². The molecule has 4 rings (SSSR count). The monoisotopic (exact) mass is 430 g/mol. The average Bonchev–Trinajstić information content (AvgIpc) is 3.17. The van der Waals surface area contributed by atoms with Crippen molar-refractivity contribution < 1.29 is 22.9 Å². The lowest BCUT2D eigenvalue weighted by molar-refractivity contribution is -0.125. The van der Waals surface area contributed by atoms with Crippen molar-refractivity contribution in [2.75, 3.05) is 6.54 Å². The van der Waals surface area contributed by atoms with E-state index in [0.29, 0.717) is 5.82 Å². The van der Waals surface area contributed by atoms with Crippen molar-refractivity contribution in [2.45, 2.75) is 38.2 Å². The van der Waals surface area contributed by atoms with Gasteiger partial charge in [-0.25, -0.2) is 8.78 Å². The van der Waals surface area contributed by atoms with E-state index in [-0.39, 0.29) is 17.0 Å². The molecule has 9 nitrogen and oxygen atoms in total. The molecule has 3 aromatic rings. The van der Waals surface area contributed by atoms with Crippen LogP contribution in [0.15, 0.2) is 34.9 Å². The zero-order chi connectivity index (χ0) is 22.2. The summed E-state index contributed by atoms with van der Waals surface area (Å²) in [5.74, 6) is -0.958. The number of primary amides is 1. The molecule has 1 saturated carbocycles. The van der Waals surface area contributed by atoms with Gasteiger partial charge in [0.25, 0.3) is 12.3 Å². The minimum atomic E-state index is -2.88. The molecule has 0 radical (unpaired) electrons. The van der Waals surface area contributed by atoms with Crippen LogP contribution in [0.3, 0.4) is 0 Å². The number of aromatic nitrogens is 4. The second kappa shape index (κ2) is 7.89. The van der Waals surface area contributed by atoms with Crippen LogP contribution in [0.2, 0.25) is 0 Å². The molecule has 2 amide bonds. The van der Waals surface area contributed by atoms with Crippen LogP contribution in [0.25, 0.3) is 11.6 Å². The Morgan fingerprint density at radius 3 is 2.71 bits per heavy atom. The number of benzene rings is 1. The summed E-state index contributed by atoms with van der Waals surface area (Å²) in [6.07, 6.45) is -1.17. The van der Waals surface area contributed by atoms with Gasteiger partial charge in [-0.2, -0.15) is 10.1 Å². The van der Waals surface area contributed by atoms with Crippen molar-refractivity contribution in [3.05, 3.63) is 53.0 Å². The summed E-state index contributed by atoms with van der Waals surface area (Å²) in [6.45, 7) is 1.10. The number of halogens is 2. The average molecular weight is 430 g/mol. The molecule has 0 saturated heterocycles. The van der Waals surface area contributed by atoms with Crippen molar-refractivity contribution in [3.63, 3.8) is 0 Å². The van der Waals surface area contributed by atoms with Crippen molar-refractivity contribution >= 4 is 11.8 Å². The summed E-state index contributed by atoms with van der Waals surface area (Å²) in [6, 6.07) is 9.04. The highest BCUT2D eigenvalue weighted by atomic mass is 19.3. The van der Waals surface area contributed by atoms with Crippen LogP contribution in [0.1, 0.15) is 41.9 Å². The van der Waals surface area contributed by atoms with Gasteiger partial charge >= 0.3 is 0 Å². The number of carbonyl (C=O) groups excluding carboxylic acids is 2. The van der Waals surface area contributed by atoms with Crippen LogP contribution < -0.4 is 11.1 Å². The second-order valence-electron chi connectivity index (χ2n) is 7.48. The first-order valence-electron chi connectivity index (χ1n) is 9.62. The molecule has 0 aliphatic heterocycles. The Morgan fingerprint density at radius 2 is 2.06 bits per heavy atom. The SMILES string of the molecule is Cc1ccccc1C1(c2noc(-c3cc(C(F)F)n(CC(=O)NCC(N)=O)n3)n2)CC1. The van der Waals surface area contributed by atoms with E-state index in [1.165, 1.54) is 0 Å². The van der Waals surface area contributed by atoms with Gasteiger partial charge in [0.05, 0.1) is 12.0 Å². The van der Waals surface area contributed by atoms with Crippen molar-refractivity contribution in [1.29, 1.82) is 0 Å². The highest BCUT2D eigenvalue weighted by Gasteiger charge is 2.50. The number of hydrogen-bond acceptors (Lipinski definition) is 6. The Labute approximate surface area is 175 Å². The summed E-state index contributed by atoms with van der Waals surface area (Å²) < 4.78 is 33.1. The summed E-state index contributed by atoms with van der Waals surface area (Å²) in [5.41, 5.74) is 6.38. The fourth-order valence-electron chi connectivity index (χ4n) is 3.59. The molecule has 0 spiro atoms. The predicted molar refractivity (Wildman–Crippen MR) is 104 cm³/mol. The lowest BCUT2D eigenvalue weighted by Crippen LogP contribution is -2.35. The molecule has 31 heavy (non-hydrogen) atoms. The lowest BCUT2D eigenvalue weighted by atomic mass is 9.91. The molecule has 1 fully saturated rings. The van der Waals surface area contributed by atoms with Gasteiger partial charge in [0.1, 0.15) is 12.2 Å². The Bertz CT molecular complexity index is 1140. The molecule has 1 aliphatic rings. The number of hydrogen-bond donors (Lipinski definition) is 2. The normalized spacial score (nSPS) is 14.6. The third-order valence-electron chi connectivity index (χ3n) is 5.27. The van der Waals surface area contributed by atoms with Crippen molar-refractivity contribution in [3.8, 4) is 11.6 Å². The molecule has 1 aliphatic carbocycles. The fraction of sp³-hybridized carbons (Fsp3) is 0.350. The molecule has 0 atom stereocenters. The summed E-state index contributed by atoms with van der Waals surface area (Å²) >= 11 is 0. The maximum Gasteiger partial charge on any atom is 0.280 e. The first kappa shape index (κ1) is 20.6. The molecular formula is C20H20F2N6O3. The largest absolute Gasteiger partial charge is 0.368 e. The van der Waals surface area contributed by atoms with E-state index < -0.39 is 37.0 Å². The maximum absolute atomic E-state index is 13.5. The molecule has 0 bridgehead atoms. The standard InChI is InChI=1S/C20H20F2N6O3/c1-11-4-2-3-5-12(11)20(6-7-20)19-25-18(31-27-19)13-8-14(17(21)22)28(26-13)10-16(30)24-9-15(23)29/h2-5,8,17H,6-7,9-10H2,1H3,(H2,23,29)(H,24,30). The lowest BCUT2D eigenvalue weighted by Gasteiger charge is -2.13. The number of carbonyl (C=O) groups is 2. The van der Waals surface area contributed by atoms with E-state index >= 15 is 0 Å². The van der Waals surface area contributed by atoms with Crippen LogP contribution in [0.4, 0.5) is 8.78 Å². The Kier molecular flexibility index (Phi) is 5.25. The minimum absolute atomic E-state index is 0.00643. The number of nitrogens with one attached hydrogen (secondary N) is 1. The van der Waals surface area contributed by atoms with E-state index in [1.807, 2.05) is 31.2 Å². The fourth-order valence-corrected chi connectivity index (χ4v) is 3.59. The Balaban J connectivity index is 1.60. The molecule has 162 valence electrons. The highest BCUT2D eigenvalue weighted by molar-refractivity contribution is 5.83. The topological polar surface area (TPSA) is 129 Å². The molecule has 11 heteroatoms. The van der Waals surface area contributed by atoms with E-state index in [2.05, 4.69) is 20.6 Å². The number of amides is 2. The number of rotatable bonds is 8. The third kappa shape index (κ3) is 4.03. The zero-order valence-corrected chi connectivity index (χ0v) is 16.6. The molecule has 3 N–H and O–H groups in total. The van der Waals surface area contributed by atoms with Gasteiger partial charge in [-0.15, -0.1) is 0 Å². The van der Waals surface area contributed by atoms with Crippen molar-refractivity contribution in [1.82, 2.24) is 25.2 Å². The Morgan fingerprint density at radius 1 is 1.32 bits per heavy atom. The summed E-state index contributed by atoms with van der Waals surface area (Å²) in [4.78, 5) is 27.1. The first-order valence-corrected chi connectivity index (χ1v) is 9.62. The van der Waals surface area contributed by atoms with E-state index in [0.717, 1.165) is 34.7 Å². The summed E-state index contributed by atoms with van der Waals surface area (Å²) in [7, 11) is 0. The maximum atomic E-state index is 13.5. The summed E-state index contributed by atoms with van der Waals surface area (Å²) in [5, 5.41) is 10.4. The quantitative estimate of drug-likeness (QED) is 0.561. The molecule has 2 heterocycles. The van der Waals surface area contributed by atoms with E-state index in [9.17, 15) is 18.4 Å². The molecule has 2 aromatic heterocycles. The van der Waals surface area contributed by atoms with Gasteiger partial charge in [-0.1, -0.05) is 29.4 Å². The number of nitrogens with zero attached hydrogens (tertiary/aromatic N) is 4. The van der Waals surface area contributed by atoms with Gasteiger partial charge in [0.2, 0.25) is 11.8 Å². The van der Waals surface area contributed by atoms with Crippen molar-refractivity contribution in [2.24, 2.45) is 5.73 Å². The molecular weight excluding hydrogens is 410 g/mol. The van der Waals surface area contributed by atoms with Gasteiger partial charge in [-0.3, -0.25) is 14.3 Å². The van der Waals surface area contributed by atoms with Crippen LogP contribution in [-0.2, 0) is 21.5 Å². The van der Waals surface area contributed by atoms with E-state index in [4.69, 9.17) is 10.3 Å². The molecule has 1 aromatic carbocycles. The highest BCUT2D eigenvalue weighted by Crippen LogP contribution is 2.53. The van der Waals surface area contributed by atoms with Gasteiger partial charge < -0.3 is 15.6 Å². The number of nitrogens with two attached hydrogens (primary N) is 1. The van der Waals surface area contributed by atoms with Crippen LogP contribution in [0.5, 0.6) is 0 Å². The third-order valence-corrected chi connectivity index (χ3v) is 5.27. The Hall–Kier alpha value is -3.63. The smallest absolute Gasteiger partial charge is 0.280 e. The number of alkyl halides is 2. The van der Waals surface area contributed by atoms with Gasteiger partial charge in [0, 0.05) is 0 Å². The first-order chi connectivity index (χ1) is 14.8. The minimum Gasteiger partial charge on any atom is -0.368 e. The zero-order valence-electron chi connectivity index (χ0n) is 16.6.